The number of carboxylic acids is 2. The van der Waals surface area contributed by atoms with Crippen LogP contribution in [0.25, 0.3) is 11.3 Å². The summed E-state index contributed by atoms with van der Waals surface area (Å²) in [5, 5.41) is 18.1. The molecule has 92 valence electrons. The van der Waals surface area contributed by atoms with Crippen molar-refractivity contribution in [2.45, 2.75) is 6.92 Å². The third-order valence-electron chi connectivity index (χ3n) is 2.39. The Balaban J connectivity index is 2.65. The molecule has 1 heterocycles. The maximum atomic E-state index is 11.2. The number of aryl methyl sites for hydroxylation is 1. The van der Waals surface area contributed by atoms with Crippen LogP contribution in [0.2, 0.25) is 0 Å². The summed E-state index contributed by atoms with van der Waals surface area (Å²) in [6.07, 6.45) is 0. The zero-order valence-corrected chi connectivity index (χ0v) is 10.2. The summed E-state index contributed by atoms with van der Waals surface area (Å²) >= 11 is 0.683. The van der Waals surface area contributed by atoms with Crippen molar-refractivity contribution >= 4 is 23.5 Å². The molecule has 6 heteroatoms. The average Bonchev–Trinajstić information content (AvgIpc) is 2.73. The highest BCUT2D eigenvalue weighted by Gasteiger charge is 2.25. The van der Waals surface area contributed by atoms with E-state index in [4.69, 9.17) is 10.2 Å². The molecule has 2 N–H and O–H groups in total. The van der Waals surface area contributed by atoms with Gasteiger partial charge in [-0.1, -0.05) is 23.8 Å². The largest absolute Gasteiger partial charge is 0.478 e. The van der Waals surface area contributed by atoms with Gasteiger partial charge in [-0.05, 0) is 24.5 Å². The monoisotopic (exact) mass is 263 g/mol. The maximum Gasteiger partial charge on any atom is 0.348 e. The normalized spacial score (nSPS) is 10.3. The van der Waals surface area contributed by atoms with E-state index in [0.717, 1.165) is 5.56 Å². The molecule has 0 atom stereocenters. The van der Waals surface area contributed by atoms with Crippen LogP contribution in [-0.2, 0) is 0 Å². The number of nitrogens with zero attached hydrogens (tertiary/aromatic N) is 1. The number of carbonyl (C=O) groups is 2. The number of aromatic carboxylic acids is 2. The number of hydrogen-bond acceptors (Lipinski definition) is 4. The van der Waals surface area contributed by atoms with Crippen LogP contribution in [0.4, 0.5) is 0 Å². The van der Waals surface area contributed by atoms with Crippen LogP contribution in [0.3, 0.4) is 0 Å². The van der Waals surface area contributed by atoms with Gasteiger partial charge in [0.05, 0.1) is 5.69 Å². The van der Waals surface area contributed by atoms with Gasteiger partial charge >= 0.3 is 11.9 Å². The molecule has 0 aliphatic rings. The summed E-state index contributed by atoms with van der Waals surface area (Å²) in [7, 11) is 0. The quantitative estimate of drug-likeness (QED) is 0.888. The first kappa shape index (κ1) is 12.3. The number of hydrogen-bond donors (Lipinski definition) is 2. The highest BCUT2D eigenvalue weighted by atomic mass is 32.1. The molecule has 0 radical (unpaired) electrons. The predicted molar refractivity (Wildman–Crippen MR) is 66.2 cm³/mol. The van der Waals surface area contributed by atoms with Gasteiger partial charge in [-0.3, -0.25) is 0 Å². The second-order valence-corrected chi connectivity index (χ2v) is 4.49. The minimum absolute atomic E-state index is 0.202. The fraction of sp³-hybridized carbons (Fsp3) is 0.0833. The lowest BCUT2D eigenvalue weighted by Gasteiger charge is -2.01. The second kappa shape index (κ2) is 4.58. The summed E-state index contributed by atoms with van der Waals surface area (Å²) in [6, 6.07) is 7.12. The number of carboxylic acid groups (broad SMARTS) is 2. The Morgan fingerprint density at radius 1 is 1.22 bits per heavy atom. The van der Waals surface area contributed by atoms with Gasteiger partial charge in [0, 0.05) is 5.56 Å². The third-order valence-corrected chi connectivity index (χ3v) is 3.23. The summed E-state index contributed by atoms with van der Waals surface area (Å²) in [5.41, 5.74) is 1.51. The molecule has 0 aliphatic heterocycles. The third kappa shape index (κ3) is 2.10. The molecular weight excluding hydrogens is 254 g/mol. The number of benzene rings is 1. The van der Waals surface area contributed by atoms with Gasteiger partial charge in [-0.15, -0.1) is 0 Å². The Labute approximate surface area is 106 Å². The van der Waals surface area contributed by atoms with E-state index >= 15 is 0 Å². The van der Waals surface area contributed by atoms with Gasteiger partial charge in [-0.2, -0.15) is 4.37 Å². The first-order valence-electron chi connectivity index (χ1n) is 5.04. The smallest absolute Gasteiger partial charge is 0.348 e. The summed E-state index contributed by atoms with van der Waals surface area (Å²) in [6.45, 7) is 1.87. The predicted octanol–water partition coefficient (Wildman–Crippen LogP) is 2.51. The van der Waals surface area contributed by atoms with Crippen molar-refractivity contribution < 1.29 is 19.8 Å². The Morgan fingerprint density at radius 2 is 1.94 bits per heavy atom. The zero-order chi connectivity index (χ0) is 13.3. The van der Waals surface area contributed by atoms with Crippen molar-refractivity contribution in [1.82, 2.24) is 4.37 Å². The van der Waals surface area contributed by atoms with Crippen LogP contribution in [0.15, 0.2) is 24.3 Å². The number of aromatic nitrogens is 1. The molecule has 0 saturated heterocycles. The van der Waals surface area contributed by atoms with Crippen molar-refractivity contribution in [2.75, 3.05) is 0 Å². The van der Waals surface area contributed by atoms with E-state index in [9.17, 15) is 9.59 Å². The number of rotatable bonds is 3. The van der Waals surface area contributed by atoms with Gasteiger partial charge < -0.3 is 10.2 Å². The van der Waals surface area contributed by atoms with Crippen LogP contribution in [-0.4, -0.2) is 26.5 Å². The Bertz CT molecular complexity index is 633. The van der Waals surface area contributed by atoms with Gasteiger partial charge in [0.1, 0.15) is 10.4 Å². The van der Waals surface area contributed by atoms with E-state index in [2.05, 4.69) is 4.37 Å². The van der Waals surface area contributed by atoms with Crippen LogP contribution >= 0.6 is 11.5 Å². The van der Waals surface area contributed by atoms with E-state index in [0.29, 0.717) is 17.1 Å². The lowest BCUT2D eigenvalue weighted by molar-refractivity contribution is 0.0656. The molecule has 0 aliphatic carbocycles. The van der Waals surface area contributed by atoms with E-state index in [-0.39, 0.29) is 16.1 Å². The van der Waals surface area contributed by atoms with Crippen LogP contribution in [0, 0.1) is 6.92 Å². The maximum absolute atomic E-state index is 11.2. The molecule has 0 unspecified atom stereocenters. The van der Waals surface area contributed by atoms with Crippen LogP contribution < -0.4 is 0 Å². The molecular formula is C12H9NO4S. The van der Waals surface area contributed by atoms with E-state index < -0.39 is 11.9 Å². The first-order chi connectivity index (χ1) is 8.50. The molecule has 1 aromatic carbocycles. The SMILES string of the molecule is Cc1cccc(-c2nsc(C(=O)O)c2C(=O)O)c1. The van der Waals surface area contributed by atoms with E-state index in [1.807, 2.05) is 13.0 Å². The van der Waals surface area contributed by atoms with Crippen molar-refractivity contribution in [1.29, 1.82) is 0 Å². The molecule has 0 amide bonds. The van der Waals surface area contributed by atoms with Crippen LogP contribution in [0.5, 0.6) is 0 Å². The molecule has 0 bridgehead atoms. The van der Waals surface area contributed by atoms with Crippen molar-refractivity contribution in [3.05, 3.63) is 40.3 Å². The van der Waals surface area contributed by atoms with Crippen molar-refractivity contribution in [2.24, 2.45) is 0 Å². The highest BCUT2D eigenvalue weighted by molar-refractivity contribution is 7.08. The lowest BCUT2D eigenvalue weighted by atomic mass is 10.0. The van der Waals surface area contributed by atoms with E-state index in [1.165, 1.54) is 0 Å². The average molecular weight is 263 g/mol. The molecule has 5 nitrogen and oxygen atoms in total. The Hall–Kier alpha value is -2.21. The Kier molecular flexibility index (Phi) is 3.12. The summed E-state index contributed by atoms with van der Waals surface area (Å²) in [4.78, 5) is 21.9. The molecule has 0 spiro atoms. The molecule has 2 aromatic rings. The van der Waals surface area contributed by atoms with Gasteiger partial charge in [-0.25, -0.2) is 9.59 Å². The Morgan fingerprint density at radius 3 is 2.50 bits per heavy atom. The zero-order valence-electron chi connectivity index (χ0n) is 9.38. The van der Waals surface area contributed by atoms with E-state index in [1.54, 1.807) is 18.2 Å². The minimum atomic E-state index is -1.28. The fourth-order valence-corrected chi connectivity index (χ4v) is 2.36. The van der Waals surface area contributed by atoms with Gasteiger partial charge in [0.25, 0.3) is 0 Å². The summed E-state index contributed by atoms with van der Waals surface area (Å²) < 4.78 is 3.95. The molecule has 2 rings (SSSR count). The van der Waals surface area contributed by atoms with Gasteiger partial charge in [0.2, 0.25) is 0 Å². The summed E-state index contributed by atoms with van der Waals surface area (Å²) in [5.74, 6) is -2.55. The van der Waals surface area contributed by atoms with Crippen molar-refractivity contribution in [3.63, 3.8) is 0 Å². The molecule has 1 aromatic heterocycles. The minimum Gasteiger partial charge on any atom is -0.478 e. The van der Waals surface area contributed by atoms with Gasteiger partial charge in [0.15, 0.2) is 0 Å². The lowest BCUT2D eigenvalue weighted by Crippen LogP contribution is -2.05. The fourth-order valence-electron chi connectivity index (χ4n) is 1.62. The molecule has 0 saturated carbocycles. The molecule has 18 heavy (non-hydrogen) atoms. The first-order valence-corrected chi connectivity index (χ1v) is 5.81. The second-order valence-electron chi connectivity index (χ2n) is 3.72. The highest BCUT2D eigenvalue weighted by Crippen LogP contribution is 2.29. The molecule has 0 fully saturated rings. The van der Waals surface area contributed by atoms with Crippen LogP contribution in [0.1, 0.15) is 25.6 Å². The standard InChI is InChI=1S/C12H9NO4S/c1-6-3-2-4-7(5-6)9-8(11(14)15)10(12(16)17)18-13-9/h2-5H,1H3,(H,14,15)(H,16,17). The topological polar surface area (TPSA) is 87.5 Å². The van der Waals surface area contributed by atoms with Crippen molar-refractivity contribution in [3.8, 4) is 11.3 Å².